The van der Waals surface area contributed by atoms with Crippen molar-refractivity contribution < 1.29 is 5.11 Å². The molecule has 2 rings (SSSR count). The predicted molar refractivity (Wildman–Crippen MR) is 79.0 cm³/mol. The topological polar surface area (TPSA) is 78.0 Å². The van der Waals surface area contributed by atoms with Gasteiger partial charge in [0.25, 0.3) is 5.56 Å². The number of H-pyrrole nitrogens is 1. The van der Waals surface area contributed by atoms with Crippen molar-refractivity contribution in [3.8, 4) is 0 Å². The Bertz CT molecular complexity index is 601. The summed E-state index contributed by atoms with van der Waals surface area (Å²) in [6.45, 7) is 0.117. The van der Waals surface area contributed by atoms with Crippen LogP contribution in [0.1, 0.15) is 24.4 Å². The zero-order valence-electron chi connectivity index (χ0n) is 10.8. The van der Waals surface area contributed by atoms with Crippen molar-refractivity contribution in [2.45, 2.75) is 18.9 Å². The standard InChI is InChI=1S/C14H16ClN3O2/c15-13-12(9-16-18-14(13)20)17-11(7-4-8-19)10-5-2-1-3-6-10/h1-3,5-6,9,11,19H,4,7-8H2,(H2,17,18,20). The smallest absolute Gasteiger partial charge is 0.285 e. The molecule has 0 radical (unpaired) electrons. The first-order valence-corrected chi connectivity index (χ1v) is 6.75. The molecule has 1 aromatic heterocycles. The van der Waals surface area contributed by atoms with E-state index < -0.39 is 5.56 Å². The Balaban J connectivity index is 2.24. The van der Waals surface area contributed by atoms with E-state index in [2.05, 4.69) is 15.5 Å². The number of nitrogens with zero attached hydrogens (tertiary/aromatic N) is 1. The second-order valence-corrected chi connectivity index (χ2v) is 4.78. The molecule has 0 spiro atoms. The molecule has 0 fully saturated rings. The quantitative estimate of drug-likeness (QED) is 0.764. The van der Waals surface area contributed by atoms with Gasteiger partial charge in [0, 0.05) is 6.61 Å². The van der Waals surface area contributed by atoms with Gasteiger partial charge in [0.15, 0.2) is 0 Å². The van der Waals surface area contributed by atoms with Crippen LogP contribution in [0.5, 0.6) is 0 Å². The van der Waals surface area contributed by atoms with Gasteiger partial charge in [-0.25, -0.2) is 5.10 Å². The number of rotatable bonds is 6. The maximum absolute atomic E-state index is 11.4. The molecule has 1 atom stereocenters. The molecule has 1 heterocycles. The number of aliphatic hydroxyl groups is 1. The van der Waals surface area contributed by atoms with Gasteiger partial charge in [-0.3, -0.25) is 4.79 Å². The van der Waals surface area contributed by atoms with Gasteiger partial charge >= 0.3 is 0 Å². The summed E-state index contributed by atoms with van der Waals surface area (Å²) in [5.41, 5.74) is 1.13. The van der Waals surface area contributed by atoms with E-state index in [0.717, 1.165) is 12.0 Å². The largest absolute Gasteiger partial charge is 0.396 e. The van der Waals surface area contributed by atoms with Gasteiger partial charge in [0.05, 0.1) is 17.9 Å². The van der Waals surface area contributed by atoms with E-state index in [0.29, 0.717) is 12.1 Å². The molecule has 0 aliphatic carbocycles. The van der Waals surface area contributed by atoms with Gasteiger partial charge in [0.2, 0.25) is 0 Å². The lowest BCUT2D eigenvalue weighted by Crippen LogP contribution is -2.16. The molecule has 0 aliphatic rings. The maximum atomic E-state index is 11.4. The third-order valence-corrected chi connectivity index (χ3v) is 3.35. The molecule has 6 heteroatoms. The van der Waals surface area contributed by atoms with Crippen LogP contribution in [0.15, 0.2) is 41.3 Å². The number of hydrogen-bond acceptors (Lipinski definition) is 4. The molecule has 1 aromatic carbocycles. The number of hydrogen-bond donors (Lipinski definition) is 3. The van der Waals surface area contributed by atoms with Crippen LogP contribution < -0.4 is 10.9 Å². The van der Waals surface area contributed by atoms with E-state index in [4.69, 9.17) is 16.7 Å². The van der Waals surface area contributed by atoms with E-state index >= 15 is 0 Å². The van der Waals surface area contributed by atoms with Crippen LogP contribution in [0.3, 0.4) is 0 Å². The average molecular weight is 294 g/mol. The Morgan fingerprint density at radius 2 is 2.10 bits per heavy atom. The van der Waals surface area contributed by atoms with Crippen molar-refractivity contribution in [1.82, 2.24) is 10.2 Å². The lowest BCUT2D eigenvalue weighted by atomic mass is 10.0. The van der Waals surface area contributed by atoms with Gasteiger partial charge in [0.1, 0.15) is 5.02 Å². The zero-order valence-corrected chi connectivity index (χ0v) is 11.6. The summed E-state index contributed by atoms with van der Waals surface area (Å²) in [7, 11) is 0. The molecule has 20 heavy (non-hydrogen) atoms. The molecule has 2 aromatic rings. The van der Waals surface area contributed by atoms with Gasteiger partial charge in [-0.15, -0.1) is 0 Å². The highest BCUT2D eigenvalue weighted by atomic mass is 35.5. The molecule has 3 N–H and O–H groups in total. The van der Waals surface area contributed by atoms with Crippen molar-refractivity contribution in [1.29, 1.82) is 0 Å². The number of aliphatic hydroxyl groups excluding tert-OH is 1. The fourth-order valence-corrected chi connectivity index (χ4v) is 2.12. The maximum Gasteiger partial charge on any atom is 0.285 e. The average Bonchev–Trinajstić information content (AvgIpc) is 2.48. The summed E-state index contributed by atoms with van der Waals surface area (Å²) in [6.07, 6.45) is 2.86. The second kappa shape index (κ2) is 7.07. The summed E-state index contributed by atoms with van der Waals surface area (Å²) in [4.78, 5) is 11.4. The fraction of sp³-hybridized carbons (Fsp3) is 0.286. The number of benzene rings is 1. The summed E-state index contributed by atoms with van der Waals surface area (Å²) in [5.74, 6) is 0. The highest BCUT2D eigenvalue weighted by molar-refractivity contribution is 6.32. The lowest BCUT2D eigenvalue weighted by molar-refractivity contribution is 0.281. The van der Waals surface area contributed by atoms with E-state index in [9.17, 15) is 4.79 Å². The van der Waals surface area contributed by atoms with Crippen LogP contribution >= 0.6 is 11.6 Å². The van der Waals surface area contributed by atoms with Crippen molar-refractivity contribution in [2.75, 3.05) is 11.9 Å². The van der Waals surface area contributed by atoms with Crippen molar-refractivity contribution in [3.05, 3.63) is 57.5 Å². The minimum Gasteiger partial charge on any atom is -0.396 e. The first kappa shape index (κ1) is 14.6. The minimum absolute atomic E-state index is 0.0375. The monoisotopic (exact) mass is 293 g/mol. The molecule has 0 amide bonds. The normalized spacial score (nSPS) is 12.1. The first-order chi connectivity index (χ1) is 9.72. The predicted octanol–water partition coefficient (Wildman–Crippen LogP) is 2.35. The molecule has 0 saturated carbocycles. The molecule has 0 aliphatic heterocycles. The van der Waals surface area contributed by atoms with Crippen LogP contribution in [0.4, 0.5) is 5.69 Å². The fourth-order valence-electron chi connectivity index (χ4n) is 1.97. The zero-order chi connectivity index (χ0) is 14.4. The van der Waals surface area contributed by atoms with Crippen LogP contribution in [-0.4, -0.2) is 21.9 Å². The Labute approximate surface area is 121 Å². The Morgan fingerprint density at radius 3 is 2.80 bits per heavy atom. The molecular weight excluding hydrogens is 278 g/mol. The number of aromatic amines is 1. The molecule has 5 nitrogen and oxygen atoms in total. The first-order valence-electron chi connectivity index (χ1n) is 6.38. The van der Waals surface area contributed by atoms with Crippen molar-refractivity contribution in [3.63, 3.8) is 0 Å². The number of aromatic nitrogens is 2. The molecule has 106 valence electrons. The van der Waals surface area contributed by atoms with E-state index in [1.54, 1.807) is 0 Å². The van der Waals surface area contributed by atoms with E-state index in [1.807, 2.05) is 30.3 Å². The Hall–Kier alpha value is -1.85. The SMILES string of the molecule is O=c1[nH]ncc(NC(CCCO)c2ccccc2)c1Cl. The van der Waals surface area contributed by atoms with Gasteiger partial charge in [-0.05, 0) is 18.4 Å². The third kappa shape index (κ3) is 3.59. The van der Waals surface area contributed by atoms with Crippen LogP contribution in [0.2, 0.25) is 5.02 Å². The molecule has 0 bridgehead atoms. The molecular formula is C14H16ClN3O2. The van der Waals surface area contributed by atoms with Crippen LogP contribution in [-0.2, 0) is 0 Å². The van der Waals surface area contributed by atoms with E-state index in [-0.39, 0.29) is 17.7 Å². The number of halogens is 1. The third-order valence-electron chi connectivity index (χ3n) is 2.98. The van der Waals surface area contributed by atoms with Gasteiger partial charge in [-0.1, -0.05) is 41.9 Å². The van der Waals surface area contributed by atoms with Crippen molar-refractivity contribution >= 4 is 17.3 Å². The summed E-state index contributed by atoms with van der Waals surface area (Å²) in [6, 6.07) is 9.77. The van der Waals surface area contributed by atoms with Gasteiger partial charge in [-0.2, -0.15) is 5.10 Å². The summed E-state index contributed by atoms with van der Waals surface area (Å²) in [5, 5.41) is 18.3. The van der Waals surface area contributed by atoms with Crippen molar-refractivity contribution in [2.24, 2.45) is 0 Å². The highest BCUT2D eigenvalue weighted by Gasteiger charge is 2.14. The highest BCUT2D eigenvalue weighted by Crippen LogP contribution is 2.26. The van der Waals surface area contributed by atoms with E-state index in [1.165, 1.54) is 6.20 Å². The molecule has 1 unspecified atom stereocenters. The van der Waals surface area contributed by atoms with Crippen LogP contribution in [0.25, 0.3) is 0 Å². The number of anilines is 1. The number of nitrogens with one attached hydrogen (secondary N) is 2. The minimum atomic E-state index is -0.425. The van der Waals surface area contributed by atoms with Crippen LogP contribution in [0, 0.1) is 0 Å². The van der Waals surface area contributed by atoms with Gasteiger partial charge < -0.3 is 10.4 Å². The lowest BCUT2D eigenvalue weighted by Gasteiger charge is -2.20. The Morgan fingerprint density at radius 1 is 1.35 bits per heavy atom. The second-order valence-electron chi connectivity index (χ2n) is 4.40. The Kier molecular flexibility index (Phi) is 5.15. The molecule has 0 saturated heterocycles. The summed E-state index contributed by atoms with van der Waals surface area (Å²) < 4.78 is 0. The summed E-state index contributed by atoms with van der Waals surface area (Å²) >= 11 is 5.96.